The number of aliphatic hydroxyl groups excluding tert-OH is 1. The largest absolute Gasteiger partial charge is 0.462 e. The van der Waals surface area contributed by atoms with Crippen molar-refractivity contribution >= 4 is 11.9 Å². The van der Waals surface area contributed by atoms with Crippen LogP contribution in [-0.2, 0) is 19.1 Å². The number of ether oxygens (including phenoxy) is 2. The Labute approximate surface area is 318 Å². The fourth-order valence-corrected chi connectivity index (χ4v) is 4.79. The molecular weight excluding hydrogens is 645 g/mol. The molecule has 0 spiro atoms. The highest BCUT2D eigenvalue weighted by Crippen LogP contribution is 2.10. The molecule has 0 aromatic rings. The highest BCUT2D eigenvalue weighted by molar-refractivity contribution is 5.70. The third-order valence-corrected chi connectivity index (χ3v) is 7.75. The molecule has 0 amide bonds. The van der Waals surface area contributed by atoms with Gasteiger partial charge in [-0.1, -0.05) is 155 Å². The zero-order valence-corrected chi connectivity index (χ0v) is 32.8. The summed E-state index contributed by atoms with van der Waals surface area (Å²) < 4.78 is 10.6. The molecule has 290 valence electrons. The zero-order chi connectivity index (χ0) is 37.8. The summed E-state index contributed by atoms with van der Waals surface area (Å²) >= 11 is 0. The second-order valence-corrected chi connectivity index (χ2v) is 12.6. The molecule has 0 aliphatic carbocycles. The molecule has 0 aliphatic heterocycles. The minimum absolute atomic E-state index is 0.113. The van der Waals surface area contributed by atoms with E-state index in [1.54, 1.807) is 0 Å². The van der Waals surface area contributed by atoms with Crippen LogP contribution in [0, 0.1) is 0 Å². The molecule has 0 aromatic carbocycles. The van der Waals surface area contributed by atoms with Crippen LogP contribution in [0.4, 0.5) is 0 Å². The van der Waals surface area contributed by atoms with Gasteiger partial charge in [0.25, 0.3) is 0 Å². The first-order chi connectivity index (χ1) is 25.6. The summed E-state index contributed by atoms with van der Waals surface area (Å²) in [6, 6.07) is 0. The summed E-state index contributed by atoms with van der Waals surface area (Å²) in [4.78, 5) is 24.3. The van der Waals surface area contributed by atoms with Gasteiger partial charge in [0.05, 0.1) is 6.61 Å². The zero-order valence-electron chi connectivity index (χ0n) is 32.8. The third-order valence-electron chi connectivity index (χ3n) is 7.75. The summed E-state index contributed by atoms with van der Waals surface area (Å²) in [5.74, 6) is -0.696. The maximum atomic E-state index is 12.2. The van der Waals surface area contributed by atoms with Crippen molar-refractivity contribution in [2.45, 2.75) is 148 Å². The molecule has 1 unspecified atom stereocenters. The molecule has 1 atom stereocenters. The van der Waals surface area contributed by atoms with E-state index >= 15 is 0 Å². The maximum Gasteiger partial charge on any atom is 0.306 e. The lowest BCUT2D eigenvalue weighted by molar-refractivity contribution is -0.161. The molecule has 0 bridgehead atoms. The Morgan fingerprint density at radius 2 is 0.788 bits per heavy atom. The lowest BCUT2D eigenvalue weighted by atomic mass is 10.1. The molecule has 0 radical (unpaired) electrons. The van der Waals surface area contributed by atoms with E-state index in [4.69, 9.17) is 9.47 Å². The van der Waals surface area contributed by atoms with Crippen molar-refractivity contribution in [1.82, 2.24) is 0 Å². The Balaban J connectivity index is 3.74. The van der Waals surface area contributed by atoms with Crippen molar-refractivity contribution in [2.75, 3.05) is 13.2 Å². The van der Waals surface area contributed by atoms with E-state index in [1.807, 2.05) is 0 Å². The highest BCUT2D eigenvalue weighted by atomic mass is 16.6. The minimum atomic E-state index is -0.814. The molecular formula is C47H72O5. The highest BCUT2D eigenvalue weighted by Gasteiger charge is 2.16. The molecule has 0 saturated heterocycles. The minimum Gasteiger partial charge on any atom is -0.462 e. The van der Waals surface area contributed by atoms with Gasteiger partial charge in [0.1, 0.15) is 6.61 Å². The standard InChI is InChI=1S/C47H72O5/c1-3-5-7-9-11-13-15-17-19-21-22-23-24-26-28-30-32-34-36-38-40-42-47(50)52-45(43-48)44-51-46(49)41-39-37-35-33-31-29-27-25-20-18-16-14-12-10-8-6-4-2/h5-8,11-14,17-20,22-23,26-29,33,35,45,48H,3-4,9-10,15-16,21,24-25,30-32,34,36-44H2,1-2H3/b7-5-,8-6-,13-11-,14-12-,19-17-,20-18-,23-22-,28-26-,29-27-,35-33-. The lowest BCUT2D eigenvalue weighted by Gasteiger charge is -2.15. The molecule has 1 N–H and O–H groups in total. The maximum absolute atomic E-state index is 12.2. The van der Waals surface area contributed by atoms with Crippen LogP contribution < -0.4 is 0 Å². The van der Waals surface area contributed by atoms with Crippen molar-refractivity contribution in [2.24, 2.45) is 0 Å². The van der Waals surface area contributed by atoms with Crippen LogP contribution in [0.2, 0.25) is 0 Å². The number of rotatable bonds is 34. The summed E-state index contributed by atoms with van der Waals surface area (Å²) in [6.07, 6.45) is 61.2. The monoisotopic (exact) mass is 717 g/mol. The Hall–Kier alpha value is -3.70. The van der Waals surface area contributed by atoms with E-state index in [2.05, 4.69) is 135 Å². The van der Waals surface area contributed by atoms with Crippen molar-refractivity contribution in [3.05, 3.63) is 122 Å². The van der Waals surface area contributed by atoms with Gasteiger partial charge in [-0.3, -0.25) is 9.59 Å². The van der Waals surface area contributed by atoms with Crippen molar-refractivity contribution in [3.8, 4) is 0 Å². The first-order valence-electron chi connectivity index (χ1n) is 20.1. The first kappa shape index (κ1) is 48.3. The lowest BCUT2D eigenvalue weighted by Crippen LogP contribution is -2.28. The summed E-state index contributed by atoms with van der Waals surface area (Å²) in [5, 5.41) is 9.56. The number of carbonyl (C=O) groups excluding carboxylic acids is 2. The second kappa shape index (κ2) is 41.7. The van der Waals surface area contributed by atoms with Crippen molar-refractivity contribution < 1.29 is 24.2 Å². The molecule has 5 nitrogen and oxygen atoms in total. The second-order valence-electron chi connectivity index (χ2n) is 12.6. The Morgan fingerprint density at radius 1 is 0.442 bits per heavy atom. The summed E-state index contributed by atoms with van der Waals surface area (Å²) in [6.45, 7) is 3.82. The quantitative estimate of drug-likeness (QED) is 0.0408. The van der Waals surface area contributed by atoms with E-state index in [1.165, 1.54) is 0 Å². The van der Waals surface area contributed by atoms with Crippen LogP contribution >= 0.6 is 0 Å². The van der Waals surface area contributed by atoms with Gasteiger partial charge in [-0.25, -0.2) is 0 Å². The predicted molar refractivity (Wildman–Crippen MR) is 223 cm³/mol. The number of hydrogen-bond acceptors (Lipinski definition) is 5. The van der Waals surface area contributed by atoms with Gasteiger partial charge >= 0.3 is 11.9 Å². The van der Waals surface area contributed by atoms with Gasteiger partial charge in [-0.05, 0) is 96.3 Å². The number of hydrogen-bond donors (Lipinski definition) is 1. The summed E-state index contributed by atoms with van der Waals surface area (Å²) in [5.41, 5.74) is 0. The van der Waals surface area contributed by atoms with Crippen LogP contribution in [0.15, 0.2) is 122 Å². The molecule has 0 aromatic heterocycles. The fraction of sp³-hybridized carbons (Fsp3) is 0.532. The van der Waals surface area contributed by atoms with Crippen LogP contribution in [0.5, 0.6) is 0 Å². The normalized spacial score (nSPS) is 13.5. The van der Waals surface area contributed by atoms with Gasteiger partial charge in [-0.15, -0.1) is 0 Å². The van der Waals surface area contributed by atoms with E-state index in [-0.39, 0.29) is 25.2 Å². The van der Waals surface area contributed by atoms with E-state index in [0.717, 1.165) is 109 Å². The van der Waals surface area contributed by atoms with Crippen LogP contribution in [0.3, 0.4) is 0 Å². The van der Waals surface area contributed by atoms with Crippen molar-refractivity contribution in [1.29, 1.82) is 0 Å². The van der Waals surface area contributed by atoms with Crippen LogP contribution in [0.1, 0.15) is 142 Å². The Bertz CT molecular complexity index is 1130. The Kier molecular flexibility index (Phi) is 38.8. The van der Waals surface area contributed by atoms with Gasteiger partial charge in [0.15, 0.2) is 6.10 Å². The first-order valence-corrected chi connectivity index (χ1v) is 20.1. The average molecular weight is 717 g/mol. The number of esters is 2. The van der Waals surface area contributed by atoms with Gasteiger partial charge < -0.3 is 14.6 Å². The van der Waals surface area contributed by atoms with Gasteiger partial charge in [-0.2, -0.15) is 0 Å². The van der Waals surface area contributed by atoms with E-state index in [0.29, 0.717) is 19.3 Å². The van der Waals surface area contributed by atoms with Crippen LogP contribution in [-0.4, -0.2) is 36.4 Å². The molecule has 0 fully saturated rings. The molecule has 0 aliphatic rings. The number of allylic oxidation sites excluding steroid dienone is 20. The number of carbonyl (C=O) groups is 2. The van der Waals surface area contributed by atoms with Gasteiger partial charge in [0.2, 0.25) is 0 Å². The van der Waals surface area contributed by atoms with Gasteiger partial charge in [0, 0.05) is 12.8 Å². The summed E-state index contributed by atoms with van der Waals surface area (Å²) in [7, 11) is 0. The molecule has 52 heavy (non-hydrogen) atoms. The van der Waals surface area contributed by atoms with E-state index in [9.17, 15) is 14.7 Å². The SMILES string of the molecule is CC/C=C\C/C=C\C/C=C\C/C=C\C/C=C\CCCCCCCC(=O)OC(CO)COC(=O)CCC/C=C\C/C=C\C/C=C\C/C=C\C/C=C\CC. The Morgan fingerprint density at radius 3 is 1.21 bits per heavy atom. The third kappa shape index (κ3) is 39.1. The predicted octanol–water partition coefficient (Wildman–Crippen LogP) is 12.8. The van der Waals surface area contributed by atoms with E-state index < -0.39 is 6.10 Å². The number of unbranched alkanes of at least 4 members (excludes halogenated alkanes) is 6. The molecule has 0 saturated carbocycles. The molecule has 5 heteroatoms. The molecule has 0 rings (SSSR count). The number of aliphatic hydroxyl groups is 1. The topological polar surface area (TPSA) is 72.8 Å². The average Bonchev–Trinajstić information content (AvgIpc) is 3.15. The van der Waals surface area contributed by atoms with Crippen molar-refractivity contribution in [3.63, 3.8) is 0 Å². The van der Waals surface area contributed by atoms with Crippen LogP contribution in [0.25, 0.3) is 0 Å². The molecule has 0 heterocycles. The fourth-order valence-electron chi connectivity index (χ4n) is 4.79. The smallest absolute Gasteiger partial charge is 0.306 e.